The highest BCUT2D eigenvalue weighted by molar-refractivity contribution is 5.69. The molecule has 58 heavy (non-hydrogen) atoms. The molecule has 7 N–H and O–H groups in total. The molecule has 0 amide bonds. The number of unbranched alkanes of at least 4 members (excludes halogenated alkanes) is 12. The van der Waals surface area contributed by atoms with Crippen LogP contribution in [0, 0.1) is 0 Å². The number of hydrogen-bond donors (Lipinski definition) is 7. The molecule has 0 saturated carbocycles. The maximum Gasteiger partial charge on any atom is 0.306 e. The second-order valence-corrected chi connectivity index (χ2v) is 15.4. The van der Waals surface area contributed by atoms with Crippen LogP contribution >= 0.6 is 0 Å². The fourth-order valence-corrected chi connectivity index (χ4v) is 6.85. The first-order valence-corrected chi connectivity index (χ1v) is 21.0. The molecule has 0 spiro atoms. The van der Waals surface area contributed by atoms with Crippen LogP contribution in [0.15, 0.2) is 0 Å². The van der Waals surface area contributed by atoms with Crippen molar-refractivity contribution in [2.24, 2.45) is 0 Å². The van der Waals surface area contributed by atoms with Gasteiger partial charge in [0.2, 0.25) is 0 Å². The van der Waals surface area contributed by atoms with Gasteiger partial charge in [-0.25, -0.2) is 0 Å². The Morgan fingerprint density at radius 1 is 0.603 bits per heavy atom. The van der Waals surface area contributed by atoms with Crippen LogP contribution in [0.5, 0.6) is 0 Å². The highest BCUT2D eigenvalue weighted by Crippen LogP contribution is 2.32. The molecule has 2 rings (SSSR count). The largest absolute Gasteiger partial charge is 0.481 e. The number of rotatable bonds is 30. The minimum atomic E-state index is -1.78. The first kappa shape index (κ1) is 51.6. The number of carbonyl (C=O) groups is 4. The Bertz CT molecular complexity index is 1170. The highest BCUT2D eigenvalue weighted by atomic mass is 16.8. The zero-order valence-electron chi connectivity index (χ0n) is 34.4. The van der Waals surface area contributed by atoms with Crippen molar-refractivity contribution in [2.45, 2.75) is 210 Å². The summed E-state index contributed by atoms with van der Waals surface area (Å²) < 4.78 is 39.1. The molecule has 2 saturated heterocycles. The summed E-state index contributed by atoms with van der Waals surface area (Å²) in [6.45, 7) is 3.11. The molecule has 338 valence electrons. The van der Waals surface area contributed by atoms with Crippen molar-refractivity contribution < 1.29 is 88.1 Å². The molecule has 12 atom stereocenters. The van der Waals surface area contributed by atoms with E-state index in [-0.39, 0.29) is 19.4 Å². The van der Waals surface area contributed by atoms with E-state index in [1.54, 1.807) is 0 Å². The van der Waals surface area contributed by atoms with Gasteiger partial charge in [-0.05, 0) is 19.3 Å². The van der Waals surface area contributed by atoms with E-state index < -0.39 is 111 Å². The number of hydrogen-bond acceptors (Lipinski definition) is 17. The van der Waals surface area contributed by atoms with Crippen LogP contribution in [-0.2, 0) is 52.3 Å². The third kappa shape index (κ3) is 20.2. The van der Waals surface area contributed by atoms with Crippen molar-refractivity contribution in [1.29, 1.82) is 0 Å². The number of aliphatic hydroxyl groups excluding tert-OH is 6. The van der Waals surface area contributed by atoms with Gasteiger partial charge in [-0.1, -0.05) is 90.4 Å². The summed E-state index contributed by atoms with van der Waals surface area (Å²) in [6.07, 6.45) is -4.29. The normalized spacial score (nSPS) is 28.4. The van der Waals surface area contributed by atoms with Crippen LogP contribution in [0.2, 0.25) is 0 Å². The predicted molar refractivity (Wildman–Crippen MR) is 204 cm³/mol. The Hall–Kier alpha value is -2.52. The molecule has 0 aromatic carbocycles. The lowest BCUT2D eigenvalue weighted by Crippen LogP contribution is -2.65. The number of esters is 3. The predicted octanol–water partition coefficient (Wildman–Crippen LogP) is 2.17. The molecule has 0 aromatic heterocycles. The Morgan fingerprint density at radius 2 is 1.10 bits per heavy atom. The van der Waals surface area contributed by atoms with E-state index in [4.69, 9.17) is 38.3 Å². The van der Waals surface area contributed by atoms with E-state index in [2.05, 4.69) is 6.92 Å². The minimum Gasteiger partial charge on any atom is -0.481 e. The summed E-state index contributed by atoms with van der Waals surface area (Å²) in [6, 6.07) is 0. The van der Waals surface area contributed by atoms with E-state index in [0.717, 1.165) is 97.3 Å². The van der Waals surface area contributed by atoms with Crippen molar-refractivity contribution in [1.82, 2.24) is 0 Å². The van der Waals surface area contributed by atoms with Gasteiger partial charge < -0.3 is 68.9 Å². The average Bonchev–Trinajstić information content (AvgIpc) is 3.16. The number of carboxylic acid groups (broad SMARTS) is 1. The van der Waals surface area contributed by atoms with E-state index in [0.29, 0.717) is 19.3 Å². The lowest BCUT2D eigenvalue weighted by Gasteiger charge is -2.46. The highest BCUT2D eigenvalue weighted by Gasteiger charge is 2.53. The molecule has 2 fully saturated rings. The van der Waals surface area contributed by atoms with Gasteiger partial charge in [-0.15, -0.1) is 0 Å². The smallest absolute Gasteiger partial charge is 0.306 e. The summed E-state index contributed by atoms with van der Waals surface area (Å²) in [5, 5.41) is 73.1. The molecule has 2 unspecified atom stereocenters. The zero-order chi connectivity index (χ0) is 43.0. The summed E-state index contributed by atoms with van der Waals surface area (Å²) in [5.74, 6) is -3.09. The van der Waals surface area contributed by atoms with E-state index in [1.807, 2.05) is 0 Å². The molecular weight excluding hydrogens is 768 g/mol. The molecule has 2 aliphatic rings. The van der Waals surface area contributed by atoms with Crippen LogP contribution in [0.3, 0.4) is 0 Å². The van der Waals surface area contributed by atoms with Crippen LogP contribution < -0.4 is 0 Å². The molecule has 2 heterocycles. The van der Waals surface area contributed by atoms with Gasteiger partial charge >= 0.3 is 23.9 Å². The number of aliphatic hydroxyl groups is 6. The lowest BCUT2D eigenvalue weighted by atomic mass is 9.96. The van der Waals surface area contributed by atoms with Crippen LogP contribution in [0.4, 0.5) is 0 Å². The fraction of sp³-hybridized carbons (Fsp3) is 0.900. The Balaban J connectivity index is 1.94. The number of aliphatic carboxylic acids is 1. The minimum absolute atomic E-state index is 0.00885. The molecule has 0 bridgehead atoms. The number of carboxylic acids is 1. The first-order chi connectivity index (χ1) is 27.6. The standard InChI is InChI=1S/C40H70O18/c1-4-5-6-12-17-20-32(47)57-38-34(49)33(48)29(23-52-25(2)41)55-40(38)58-37-30(24-53-26(3)42)56-39(36(51)35(37)50)54-22-28(44)19-16-14-11-9-7-8-10-13-15-18-27(43)21-31(45)46/h27-30,33-40,43-44,48-51H,4-24H2,1-3H3,(H,45,46)/t27?,28?,29-,30-,33-,34+,35-,36-,37-,38-,39-,40+/m1/s1. The van der Waals surface area contributed by atoms with Gasteiger partial charge in [0.1, 0.15) is 55.9 Å². The van der Waals surface area contributed by atoms with Gasteiger partial charge in [-0.3, -0.25) is 19.2 Å². The molecule has 0 aliphatic carbocycles. The fourth-order valence-electron chi connectivity index (χ4n) is 6.85. The third-order valence-electron chi connectivity index (χ3n) is 10.2. The van der Waals surface area contributed by atoms with Crippen molar-refractivity contribution in [3.05, 3.63) is 0 Å². The van der Waals surface area contributed by atoms with Crippen molar-refractivity contribution in [3.63, 3.8) is 0 Å². The third-order valence-corrected chi connectivity index (χ3v) is 10.2. The topological polar surface area (TPSA) is 274 Å². The Kier molecular flexibility index (Phi) is 25.7. The van der Waals surface area contributed by atoms with E-state index in [9.17, 15) is 49.8 Å². The van der Waals surface area contributed by atoms with E-state index in [1.165, 1.54) is 0 Å². The van der Waals surface area contributed by atoms with Gasteiger partial charge in [0.15, 0.2) is 18.7 Å². The Morgan fingerprint density at radius 3 is 1.67 bits per heavy atom. The average molecular weight is 839 g/mol. The van der Waals surface area contributed by atoms with Gasteiger partial charge in [0, 0.05) is 20.3 Å². The molecule has 18 nitrogen and oxygen atoms in total. The molecule has 0 aromatic rings. The summed E-state index contributed by atoms with van der Waals surface area (Å²) in [5.41, 5.74) is 0. The monoisotopic (exact) mass is 838 g/mol. The van der Waals surface area contributed by atoms with Crippen LogP contribution in [0.25, 0.3) is 0 Å². The maximum absolute atomic E-state index is 12.8. The summed E-state index contributed by atoms with van der Waals surface area (Å²) in [4.78, 5) is 46.7. The van der Waals surface area contributed by atoms with Crippen molar-refractivity contribution in [2.75, 3.05) is 19.8 Å². The van der Waals surface area contributed by atoms with E-state index >= 15 is 0 Å². The van der Waals surface area contributed by atoms with Gasteiger partial charge in [-0.2, -0.15) is 0 Å². The first-order valence-electron chi connectivity index (χ1n) is 21.0. The SMILES string of the molecule is CCCCCCCC(=O)O[C@H]1[C@H](O[C@H]2[C@H](O)[C@@H](O)[C@H](OCC(O)CCCCCCCCCCCC(O)CC(=O)O)O[C@@H]2COC(C)=O)O[C@H](COC(C)=O)[C@@H](O)[C@@H]1O. The number of carbonyl (C=O) groups excluding carboxylic acids is 3. The van der Waals surface area contributed by atoms with Crippen LogP contribution in [-0.4, -0.2) is 153 Å². The zero-order valence-corrected chi connectivity index (χ0v) is 34.4. The quantitative estimate of drug-likeness (QED) is 0.0310. The summed E-state index contributed by atoms with van der Waals surface area (Å²) in [7, 11) is 0. The molecule has 2 aliphatic heterocycles. The lowest BCUT2D eigenvalue weighted by molar-refractivity contribution is -0.361. The van der Waals surface area contributed by atoms with Crippen molar-refractivity contribution in [3.8, 4) is 0 Å². The molecule has 18 heteroatoms. The second-order valence-electron chi connectivity index (χ2n) is 15.4. The molecule has 0 radical (unpaired) electrons. The second kappa shape index (κ2) is 28.9. The summed E-state index contributed by atoms with van der Waals surface area (Å²) >= 11 is 0. The molecular formula is C40H70O18. The van der Waals surface area contributed by atoms with Gasteiger partial charge in [0.25, 0.3) is 0 Å². The number of ether oxygens (including phenoxy) is 7. The van der Waals surface area contributed by atoms with Gasteiger partial charge in [0.05, 0.1) is 25.2 Å². The maximum atomic E-state index is 12.8. The van der Waals surface area contributed by atoms with Crippen molar-refractivity contribution >= 4 is 23.9 Å². The Labute approximate surface area is 341 Å². The van der Waals surface area contributed by atoms with Crippen LogP contribution in [0.1, 0.15) is 136 Å².